The first-order valence-corrected chi connectivity index (χ1v) is 20.4. The van der Waals surface area contributed by atoms with E-state index in [0.717, 1.165) is 0 Å². The van der Waals surface area contributed by atoms with Crippen molar-refractivity contribution in [3.05, 3.63) is 193 Å². The lowest BCUT2D eigenvalue weighted by Gasteiger charge is -2.26. The predicted octanol–water partition coefficient (Wildman–Crippen LogP) is 16.0. The molecule has 1 heteroatoms. The van der Waals surface area contributed by atoms with Gasteiger partial charge in [0.1, 0.15) is 0 Å². The number of thiophene rings is 1. The van der Waals surface area contributed by atoms with E-state index >= 15 is 0 Å². The van der Waals surface area contributed by atoms with E-state index in [9.17, 15) is 0 Å². The maximum absolute atomic E-state index is 2.54. The van der Waals surface area contributed by atoms with Gasteiger partial charge in [-0.3, -0.25) is 0 Å². The molecule has 0 amide bonds. The summed E-state index contributed by atoms with van der Waals surface area (Å²) in [5.74, 6) is 0. The van der Waals surface area contributed by atoms with Crippen molar-refractivity contribution in [3.8, 4) is 44.5 Å². The highest BCUT2D eigenvalue weighted by Gasteiger charge is 2.40. The summed E-state index contributed by atoms with van der Waals surface area (Å²) in [5.41, 5.74) is 13.2. The highest BCUT2D eigenvalue weighted by atomic mass is 32.1. The van der Waals surface area contributed by atoms with Crippen LogP contribution in [-0.2, 0) is 5.41 Å². The molecule has 0 radical (unpaired) electrons. The van der Waals surface area contributed by atoms with Gasteiger partial charge in [0.05, 0.1) is 0 Å². The molecule has 0 saturated heterocycles. The second kappa shape index (κ2) is 11.7. The van der Waals surface area contributed by atoms with Gasteiger partial charge in [-0.2, -0.15) is 0 Å². The molecule has 10 aromatic carbocycles. The van der Waals surface area contributed by atoms with Crippen LogP contribution in [0, 0.1) is 0 Å². The van der Waals surface area contributed by atoms with E-state index in [0.29, 0.717) is 0 Å². The van der Waals surface area contributed by atoms with Gasteiger partial charge in [-0.05, 0) is 99.2 Å². The Morgan fingerprint density at radius 1 is 0.339 bits per heavy atom. The highest BCUT2D eigenvalue weighted by Crippen LogP contribution is 2.58. The summed E-state index contributed by atoms with van der Waals surface area (Å²) in [4.78, 5) is 0. The van der Waals surface area contributed by atoms with Crippen LogP contribution >= 0.6 is 11.3 Å². The minimum atomic E-state index is -0.173. The van der Waals surface area contributed by atoms with Crippen LogP contribution in [0.4, 0.5) is 0 Å². The zero-order valence-electron chi connectivity index (χ0n) is 31.2. The van der Waals surface area contributed by atoms with Crippen LogP contribution < -0.4 is 0 Å². The molecule has 56 heavy (non-hydrogen) atoms. The SMILES string of the molecule is CC1(C)c2ccccc2-c2c1c(-c1ccc(-c3c4ccccc4c(-c4ccccc4)c4ccccc34)c3ccccc13)cc1c2sc2c3ccccc3ccc12. The van der Waals surface area contributed by atoms with Crippen molar-refractivity contribution in [2.24, 2.45) is 0 Å². The molecule has 0 unspecified atom stereocenters. The minimum Gasteiger partial charge on any atom is -0.134 e. The topological polar surface area (TPSA) is 0 Å². The smallest absolute Gasteiger partial charge is 0.0437 e. The lowest BCUT2D eigenvalue weighted by atomic mass is 9.77. The van der Waals surface area contributed by atoms with E-state index in [4.69, 9.17) is 0 Å². The standard InChI is InChI=1S/C55H36S/c1-55(2)48-27-15-14-26-45(48)51-52(55)46(32-47-44-29-28-33-16-6-7-19-35(33)53(44)56-54(47)51)38-30-31-43(37-21-9-8-20-36(37)38)50-41-24-12-10-22-39(41)49(34-17-4-3-5-18-34)40-23-11-13-25-42(40)50/h3-32H,1-2H3. The third-order valence-electron chi connectivity index (χ3n) is 12.6. The molecule has 1 aromatic heterocycles. The fourth-order valence-corrected chi connectivity index (χ4v) is 11.6. The summed E-state index contributed by atoms with van der Waals surface area (Å²) < 4.78 is 2.77. The molecule has 1 aliphatic rings. The van der Waals surface area contributed by atoms with E-state index in [-0.39, 0.29) is 5.41 Å². The van der Waals surface area contributed by atoms with Crippen molar-refractivity contribution in [2.75, 3.05) is 0 Å². The fraction of sp³-hybridized carbons (Fsp3) is 0.0545. The summed E-state index contributed by atoms with van der Waals surface area (Å²) in [6.45, 7) is 4.86. The van der Waals surface area contributed by atoms with Gasteiger partial charge in [0.15, 0.2) is 0 Å². The van der Waals surface area contributed by atoms with Gasteiger partial charge in [0, 0.05) is 31.2 Å². The Balaban J connectivity index is 1.19. The zero-order chi connectivity index (χ0) is 37.1. The molecule has 0 atom stereocenters. The molecule has 0 spiro atoms. The van der Waals surface area contributed by atoms with Gasteiger partial charge in [0.2, 0.25) is 0 Å². The summed E-state index contributed by atoms with van der Waals surface area (Å²) in [6, 6.07) is 68.0. The average molecular weight is 729 g/mol. The summed E-state index contributed by atoms with van der Waals surface area (Å²) in [5, 5.41) is 13.0. The molecule has 1 aliphatic carbocycles. The molecule has 12 rings (SSSR count). The molecule has 0 aliphatic heterocycles. The van der Waals surface area contributed by atoms with E-state index in [1.165, 1.54) is 119 Å². The van der Waals surface area contributed by atoms with Crippen molar-refractivity contribution in [2.45, 2.75) is 19.3 Å². The minimum absolute atomic E-state index is 0.173. The van der Waals surface area contributed by atoms with E-state index in [1.807, 2.05) is 11.3 Å². The lowest BCUT2D eigenvalue weighted by molar-refractivity contribution is 0.662. The molecule has 0 bridgehead atoms. The summed E-state index contributed by atoms with van der Waals surface area (Å²) in [6.07, 6.45) is 0. The van der Waals surface area contributed by atoms with Crippen LogP contribution in [-0.4, -0.2) is 0 Å². The second-order valence-electron chi connectivity index (χ2n) is 15.9. The van der Waals surface area contributed by atoms with Gasteiger partial charge in [-0.1, -0.05) is 190 Å². The first kappa shape index (κ1) is 31.8. The number of benzene rings is 10. The van der Waals surface area contributed by atoms with E-state index in [2.05, 4.69) is 196 Å². The highest BCUT2D eigenvalue weighted by molar-refractivity contribution is 7.27. The quantitative estimate of drug-likeness (QED) is 0.159. The third-order valence-corrected chi connectivity index (χ3v) is 13.9. The molecule has 0 fully saturated rings. The molecule has 11 aromatic rings. The molecule has 262 valence electrons. The van der Waals surface area contributed by atoms with Crippen LogP contribution in [0.2, 0.25) is 0 Å². The zero-order valence-corrected chi connectivity index (χ0v) is 32.0. The number of hydrogen-bond donors (Lipinski definition) is 0. The Morgan fingerprint density at radius 3 is 1.61 bits per heavy atom. The second-order valence-corrected chi connectivity index (χ2v) is 16.9. The lowest BCUT2D eigenvalue weighted by Crippen LogP contribution is -2.16. The van der Waals surface area contributed by atoms with Crippen molar-refractivity contribution in [1.82, 2.24) is 0 Å². The largest absolute Gasteiger partial charge is 0.134 e. The Hall–Kier alpha value is -6.54. The van der Waals surface area contributed by atoms with Crippen LogP contribution in [0.15, 0.2) is 182 Å². The maximum Gasteiger partial charge on any atom is 0.0437 e. The normalized spacial score (nSPS) is 13.3. The number of rotatable bonds is 3. The summed E-state index contributed by atoms with van der Waals surface area (Å²) in [7, 11) is 0. The third kappa shape index (κ3) is 4.29. The van der Waals surface area contributed by atoms with Crippen LogP contribution in [0.25, 0.3) is 108 Å². The van der Waals surface area contributed by atoms with Crippen molar-refractivity contribution in [1.29, 1.82) is 0 Å². The Kier molecular flexibility index (Phi) is 6.66. The monoisotopic (exact) mass is 728 g/mol. The van der Waals surface area contributed by atoms with Gasteiger partial charge in [0.25, 0.3) is 0 Å². The van der Waals surface area contributed by atoms with Gasteiger partial charge < -0.3 is 0 Å². The fourth-order valence-electron chi connectivity index (χ4n) is 10.2. The van der Waals surface area contributed by atoms with E-state index in [1.54, 1.807) is 0 Å². The average Bonchev–Trinajstić information content (AvgIpc) is 3.75. The maximum atomic E-state index is 2.54. The Morgan fingerprint density at radius 2 is 0.893 bits per heavy atom. The molecule has 1 heterocycles. The first-order valence-electron chi connectivity index (χ1n) is 19.6. The number of fused-ring (bicyclic) bond motifs is 12. The van der Waals surface area contributed by atoms with Crippen molar-refractivity contribution >= 4 is 74.6 Å². The van der Waals surface area contributed by atoms with Crippen molar-refractivity contribution in [3.63, 3.8) is 0 Å². The molecule has 0 nitrogen and oxygen atoms in total. The Bertz CT molecular complexity index is 3380. The molecular weight excluding hydrogens is 693 g/mol. The first-order chi connectivity index (χ1) is 27.6. The van der Waals surface area contributed by atoms with Gasteiger partial charge in [-0.25, -0.2) is 0 Å². The Labute approximate surface area is 329 Å². The van der Waals surface area contributed by atoms with Crippen LogP contribution in [0.1, 0.15) is 25.0 Å². The predicted molar refractivity (Wildman–Crippen MR) is 243 cm³/mol. The van der Waals surface area contributed by atoms with Crippen molar-refractivity contribution < 1.29 is 0 Å². The number of hydrogen-bond acceptors (Lipinski definition) is 1. The summed E-state index contributed by atoms with van der Waals surface area (Å²) >= 11 is 1.97. The van der Waals surface area contributed by atoms with E-state index < -0.39 is 0 Å². The molecule has 0 N–H and O–H groups in total. The van der Waals surface area contributed by atoms with Gasteiger partial charge in [-0.15, -0.1) is 11.3 Å². The van der Waals surface area contributed by atoms with Crippen LogP contribution in [0.5, 0.6) is 0 Å². The van der Waals surface area contributed by atoms with Crippen LogP contribution in [0.3, 0.4) is 0 Å². The van der Waals surface area contributed by atoms with Gasteiger partial charge >= 0.3 is 0 Å². The molecular formula is C55H36S. The molecule has 0 saturated carbocycles.